The van der Waals surface area contributed by atoms with Crippen molar-refractivity contribution in [3.63, 3.8) is 0 Å². The van der Waals surface area contributed by atoms with Crippen molar-refractivity contribution in [3.05, 3.63) is 59.2 Å². The van der Waals surface area contributed by atoms with E-state index in [1.165, 1.54) is 12.1 Å². The van der Waals surface area contributed by atoms with E-state index in [-0.39, 0.29) is 36.6 Å². The number of nitrogens with one attached hydrogen (secondary N) is 2. The van der Waals surface area contributed by atoms with Crippen LogP contribution in [0.3, 0.4) is 0 Å². The lowest BCUT2D eigenvalue weighted by Crippen LogP contribution is -2.38. The van der Waals surface area contributed by atoms with Crippen molar-refractivity contribution in [3.8, 4) is 5.75 Å². The first-order valence-corrected chi connectivity index (χ1v) is 8.12. The molecule has 0 spiro atoms. The Balaban J connectivity index is 0.00000243. The fourth-order valence-electron chi connectivity index (χ4n) is 2.66. The number of hydrogen-bond acceptors (Lipinski definition) is 4. The Labute approximate surface area is 169 Å². The van der Waals surface area contributed by atoms with E-state index in [2.05, 4.69) is 20.6 Å². The van der Waals surface area contributed by atoms with Crippen LogP contribution in [0.2, 0.25) is 0 Å². The number of aliphatic imine (C=N–C) groups is 1. The van der Waals surface area contributed by atoms with Crippen LogP contribution in [0.4, 0.5) is 4.39 Å². The van der Waals surface area contributed by atoms with Crippen LogP contribution in [0.1, 0.15) is 16.8 Å². The molecule has 3 rings (SSSR count). The van der Waals surface area contributed by atoms with Gasteiger partial charge in [-0.15, -0.1) is 24.0 Å². The highest BCUT2D eigenvalue weighted by Crippen LogP contribution is 2.29. The lowest BCUT2D eigenvalue weighted by atomic mass is 10.1. The molecule has 6 nitrogen and oxygen atoms in total. The average Bonchev–Trinajstić information content (AvgIpc) is 2.65. The molecule has 1 aliphatic rings. The molecule has 26 heavy (non-hydrogen) atoms. The zero-order valence-electron chi connectivity index (χ0n) is 14.5. The minimum absolute atomic E-state index is 0. The summed E-state index contributed by atoms with van der Waals surface area (Å²) < 4.78 is 24.5. The summed E-state index contributed by atoms with van der Waals surface area (Å²) in [6.45, 7) is 1.76. The van der Waals surface area contributed by atoms with E-state index in [0.29, 0.717) is 32.1 Å². The zero-order valence-corrected chi connectivity index (χ0v) is 16.8. The van der Waals surface area contributed by atoms with E-state index in [1.54, 1.807) is 13.2 Å². The molecule has 0 saturated heterocycles. The van der Waals surface area contributed by atoms with Crippen molar-refractivity contribution >= 4 is 29.9 Å². The number of fused-ring (bicyclic) bond motifs is 1. The third-order valence-electron chi connectivity index (χ3n) is 3.83. The monoisotopic (exact) mass is 472 g/mol. The van der Waals surface area contributed by atoms with Gasteiger partial charge in [-0.3, -0.25) is 9.98 Å². The van der Waals surface area contributed by atoms with E-state index in [9.17, 15) is 4.39 Å². The Hall–Kier alpha value is -1.94. The topological polar surface area (TPSA) is 67.8 Å². The number of nitrogens with zero attached hydrogens (tertiary/aromatic N) is 2. The Morgan fingerprint density at radius 1 is 1.31 bits per heavy atom. The van der Waals surface area contributed by atoms with Crippen molar-refractivity contribution < 1.29 is 13.9 Å². The molecule has 0 fully saturated rings. The van der Waals surface area contributed by atoms with Gasteiger partial charge in [0, 0.05) is 25.4 Å². The molecule has 0 bridgehead atoms. The summed E-state index contributed by atoms with van der Waals surface area (Å²) in [5.41, 5.74) is 2.50. The summed E-state index contributed by atoms with van der Waals surface area (Å²) in [6, 6.07) is 8.73. The van der Waals surface area contributed by atoms with Gasteiger partial charge in [0.25, 0.3) is 0 Å². The molecular weight excluding hydrogens is 450 g/mol. The zero-order chi connectivity index (χ0) is 17.5. The SMILES string of the molecule is CN=C(NCCc1cc(F)cc2c1OCOC2)NCc1ccccn1.I. The van der Waals surface area contributed by atoms with Crippen molar-refractivity contribution in [2.75, 3.05) is 20.4 Å². The number of halogens is 2. The number of ether oxygens (including phenoxy) is 2. The number of guanidine groups is 1. The standard InChI is InChI=1S/C18H21FN4O2.HI/c1-20-18(23-10-16-4-2-3-6-21-16)22-7-5-13-8-15(19)9-14-11-24-12-25-17(13)14;/h2-4,6,8-9H,5,7,10-12H2,1H3,(H2,20,22,23);1H. The normalized spacial score (nSPS) is 13.2. The van der Waals surface area contributed by atoms with Crippen molar-refractivity contribution in [1.29, 1.82) is 0 Å². The highest BCUT2D eigenvalue weighted by atomic mass is 127. The van der Waals surface area contributed by atoms with Gasteiger partial charge < -0.3 is 20.1 Å². The van der Waals surface area contributed by atoms with Gasteiger partial charge in [-0.25, -0.2) is 4.39 Å². The number of aromatic nitrogens is 1. The molecule has 0 atom stereocenters. The van der Waals surface area contributed by atoms with Crippen molar-refractivity contribution in [2.24, 2.45) is 4.99 Å². The molecule has 0 radical (unpaired) electrons. The van der Waals surface area contributed by atoms with Gasteiger partial charge in [0.2, 0.25) is 0 Å². The molecule has 2 heterocycles. The van der Waals surface area contributed by atoms with Gasteiger partial charge in [0.15, 0.2) is 12.8 Å². The van der Waals surface area contributed by atoms with Crippen LogP contribution in [0.15, 0.2) is 41.5 Å². The summed E-state index contributed by atoms with van der Waals surface area (Å²) >= 11 is 0. The largest absolute Gasteiger partial charge is 0.467 e. The van der Waals surface area contributed by atoms with Gasteiger partial charge >= 0.3 is 0 Å². The van der Waals surface area contributed by atoms with E-state index >= 15 is 0 Å². The van der Waals surface area contributed by atoms with Crippen LogP contribution in [-0.2, 0) is 24.3 Å². The van der Waals surface area contributed by atoms with Gasteiger partial charge in [-0.2, -0.15) is 0 Å². The van der Waals surface area contributed by atoms with Crippen LogP contribution < -0.4 is 15.4 Å². The Kier molecular flexibility index (Phi) is 8.05. The molecule has 0 unspecified atom stereocenters. The van der Waals surface area contributed by atoms with Crippen LogP contribution in [0.25, 0.3) is 0 Å². The lowest BCUT2D eigenvalue weighted by molar-refractivity contribution is -0.0172. The van der Waals surface area contributed by atoms with E-state index in [1.807, 2.05) is 18.2 Å². The third kappa shape index (κ3) is 5.53. The molecule has 0 amide bonds. The average molecular weight is 472 g/mol. The molecule has 2 N–H and O–H groups in total. The second-order valence-corrected chi connectivity index (χ2v) is 5.59. The summed E-state index contributed by atoms with van der Waals surface area (Å²) in [6.07, 6.45) is 2.37. The fraction of sp³-hybridized carbons (Fsp3) is 0.333. The maximum atomic E-state index is 13.7. The van der Waals surface area contributed by atoms with Crippen LogP contribution >= 0.6 is 24.0 Å². The highest BCUT2D eigenvalue weighted by Gasteiger charge is 2.16. The molecule has 0 aliphatic carbocycles. The Morgan fingerprint density at radius 2 is 2.19 bits per heavy atom. The highest BCUT2D eigenvalue weighted by molar-refractivity contribution is 14.0. The molecule has 1 aromatic carbocycles. The van der Waals surface area contributed by atoms with E-state index in [4.69, 9.17) is 9.47 Å². The van der Waals surface area contributed by atoms with Gasteiger partial charge in [-0.05, 0) is 36.2 Å². The second kappa shape index (κ2) is 10.3. The number of hydrogen-bond donors (Lipinski definition) is 2. The summed E-state index contributed by atoms with van der Waals surface area (Å²) in [5.74, 6) is 1.12. The molecule has 0 saturated carbocycles. The lowest BCUT2D eigenvalue weighted by Gasteiger charge is -2.21. The maximum absolute atomic E-state index is 13.7. The number of benzene rings is 1. The fourth-order valence-corrected chi connectivity index (χ4v) is 2.66. The first-order valence-electron chi connectivity index (χ1n) is 8.12. The predicted molar refractivity (Wildman–Crippen MR) is 108 cm³/mol. The van der Waals surface area contributed by atoms with E-state index in [0.717, 1.165) is 22.6 Å². The summed E-state index contributed by atoms with van der Waals surface area (Å²) in [7, 11) is 1.71. The third-order valence-corrected chi connectivity index (χ3v) is 3.83. The Morgan fingerprint density at radius 3 is 2.96 bits per heavy atom. The number of pyridine rings is 1. The minimum Gasteiger partial charge on any atom is -0.467 e. The minimum atomic E-state index is -0.277. The molecule has 1 aromatic heterocycles. The smallest absolute Gasteiger partial charge is 0.191 e. The first-order chi connectivity index (χ1) is 12.3. The van der Waals surface area contributed by atoms with Crippen LogP contribution in [0, 0.1) is 5.82 Å². The summed E-state index contributed by atoms with van der Waals surface area (Å²) in [5, 5.41) is 6.41. The van der Waals surface area contributed by atoms with Crippen LogP contribution in [-0.4, -0.2) is 31.3 Å². The van der Waals surface area contributed by atoms with Crippen molar-refractivity contribution in [1.82, 2.24) is 15.6 Å². The molecule has 140 valence electrons. The first kappa shape index (κ1) is 20.4. The Bertz CT molecular complexity index is 743. The van der Waals surface area contributed by atoms with Crippen LogP contribution in [0.5, 0.6) is 5.75 Å². The molecular formula is C18H22FIN4O2. The quantitative estimate of drug-likeness (QED) is 0.398. The second-order valence-electron chi connectivity index (χ2n) is 5.59. The van der Waals surface area contributed by atoms with Crippen molar-refractivity contribution in [2.45, 2.75) is 19.6 Å². The van der Waals surface area contributed by atoms with Gasteiger partial charge in [0.1, 0.15) is 11.6 Å². The summed E-state index contributed by atoms with van der Waals surface area (Å²) in [4.78, 5) is 8.44. The van der Waals surface area contributed by atoms with E-state index < -0.39 is 0 Å². The van der Waals surface area contributed by atoms with Gasteiger partial charge in [-0.1, -0.05) is 6.07 Å². The number of rotatable bonds is 5. The van der Waals surface area contributed by atoms with Gasteiger partial charge in [0.05, 0.1) is 18.8 Å². The maximum Gasteiger partial charge on any atom is 0.191 e. The molecule has 1 aliphatic heterocycles. The molecule has 8 heteroatoms. The molecule has 2 aromatic rings. The predicted octanol–water partition coefficient (Wildman–Crippen LogP) is 2.61.